The molecule has 2 atom stereocenters. The van der Waals surface area contributed by atoms with E-state index in [0.717, 1.165) is 32.8 Å². The summed E-state index contributed by atoms with van der Waals surface area (Å²) in [5.41, 5.74) is 2.71. The first-order valence-electron chi connectivity index (χ1n) is 8.44. The topological polar surface area (TPSA) is 45.1 Å². The third kappa shape index (κ3) is 2.92. The van der Waals surface area contributed by atoms with Crippen molar-refractivity contribution in [3.05, 3.63) is 79.4 Å². The van der Waals surface area contributed by atoms with Gasteiger partial charge in [0.15, 0.2) is 0 Å². The van der Waals surface area contributed by atoms with Crippen molar-refractivity contribution in [2.45, 2.75) is 18.7 Å². The van der Waals surface area contributed by atoms with Crippen LogP contribution in [0.3, 0.4) is 0 Å². The van der Waals surface area contributed by atoms with E-state index in [1.807, 2.05) is 40.7 Å². The molecule has 0 bridgehead atoms. The Morgan fingerprint density at radius 1 is 1.19 bits per heavy atom. The van der Waals surface area contributed by atoms with E-state index >= 15 is 0 Å². The zero-order chi connectivity index (χ0) is 18.5. The van der Waals surface area contributed by atoms with Gasteiger partial charge in [-0.15, -0.1) is 11.3 Å². The predicted molar refractivity (Wildman–Crippen MR) is 111 cm³/mol. The van der Waals surface area contributed by atoms with Crippen LogP contribution in [-0.2, 0) is 0 Å². The molecular formula is C20H14BrClN2O2S. The highest BCUT2D eigenvalue weighted by atomic mass is 79.9. The number of rotatable bonds is 2. The minimum absolute atomic E-state index is 0.00734. The highest BCUT2D eigenvalue weighted by Crippen LogP contribution is 2.49. The molecule has 3 aromatic rings. The summed E-state index contributed by atoms with van der Waals surface area (Å²) in [5.74, 6) is 0.951. The lowest BCUT2D eigenvalue weighted by molar-refractivity contribution is -0.0203. The number of hydrogen-bond donors (Lipinski definition) is 1. The summed E-state index contributed by atoms with van der Waals surface area (Å²) in [6, 6.07) is 15.1. The second-order valence-corrected chi connectivity index (χ2v) is 8.78. The van der Waals surface area contributed by atoms with Gasteiger partial charge in [0.05, 0.1) is 22.2 Å². The van der Waals surface area contributed by atoms with Crippen LogP contribution in [0.4, 0.5) is 0 Å². The first kappa shape index (κ1) is 17.1. The van der Waals surface area contributed by atoms with Gasteiger partial charge in [-0.2, -0.15) is 5.10 Å². The lowest BCUT2D eigenvalue weighted by atomic mass is 9.97. The van der Waals surface area contributed by atoms with Crippen molar-refractivity contribution in [3.63, 3.8) is 0 Å². The Morgan fingerprint density at radius 2 is 2.07 bits per heavy atom. The fourth-order valence-electron chi connectivity index (χ4n) is 3.58. The first-order chi connectivity index (χ1) is 13.1. The highest BCUT2D eigenvalue weighted by molar-refractivity contribution is 9.10. The zero-order valence-corrected chi connectivity index (χ0v) is 17.1. The summed E-state index contributed by atoms with van der Waals surface area (Å²) in [4.78, 5) is 1.14. The quantitative estimate of drug-likeness (QED) is 0.500. The average Bonchev–Trinajstić information content (AvgIpc) is 3.32. The van der Waals surface area contributed by atoms with Gasteiger partial charge in [-0.25, -0.2) is 5.01 Å². The lowest BCUT2D eigenvalue weighted by Gasteiger charge is -2.38. The molecule has 136 valence electrons. The van der Waals surface area contributed by atoms with Crippen LogP contribution < -0.4 is 4.74 Å². The number of hydrogen-bond acceptors (Lipinski definition) is 5. The standard InChI is InChI=1S/C20H14BrClN2O2S/c21-11-3-5-17(25)14(8-11)20-24-16(10-15(23-24)19-2-1-7-27-19)13-9-12(22)4-6-18(13)26-20/h1-9,16,20,25H,10H2/t16-,20-/m1/s1. The number of aromatic hydroxyl groups is 1. The maximum absolute atomic E-state index is 10.5. The molecule has 3 heterocycles. The van der Waals surface area contributed by atoms with Gasteiger partial charge in [-0.05, 0) is 47.8 Å². The Balaban J connectivity index is 1.65. The molecule has 1 aromatic heterocycles. The molecule has 2 aliphatic heterocycles. The van der Waals surface area contributed by atoms with Crippen LogP contribution in [0.2, 0.25) is 5.02 Å². The maximum atomic E-state index is 10.5. The van der Waals surface area contributed by atoms with Crippen LogP contribution in [0.15, 0.2) is 63.5 Å². The number of phenolic OH excluding ortho intramolecular Hbond substituents is 1. The van der Waals surface area contributed by atoms with E-state index in [4.69, 9.17) is 21.4 Å². The van der Waals surface area contributed by atoms with Crippen molar-refractivity contribution in [2.75, 3.05) is 0 Å². The molecule has 5 rings (SSSR count). The molecule has 0 unspecified atom stereocenters. The second-order valence-electron chi connectivity index (χ2n) is 6.48. The molecule has 7 heteroatoms. The summed E-state index contributed by atoms with van der Waals surface area (Å²) in [7, 11) is 0. The van der Waals surface area contributed by atoms with Gasteiger partial charge >= 0.3 is 0 Å². The Morgan fingerprint density at radius 3 is 2.89 bits per heavy atom. The van der Waals surface area contributed by atoms with Crippen LogP contribution in [0.1, 0.15) is 34.7 Å². The van der Waals surface area contributed by atoms with E-state index in [1.165, 1.54) is 0 Å². The van der Waals surface area contributed by atoms with E-state index in [0.29, 0.717) is 10.6 Å². The minimum Gasteiger partial charge on any atom is -0.507 e. The van der Waals surface area contributed by atoms with E-state index in [-0.39, 0.29) is 11.8 Å². The van der Waals surface area contributed by atoms with Crippen molar-refractivity contribution in [2.24, 2.45) is 5.10 Å². The largest absolute Gasteiger partial charge is 0.507 e. The van der Waals surface area contributed by atoms with Crippen LogP contribution in [0, 0.1) is 0 Å². The van der Waals surface area contributed by atoms with E-state index in [1.54, 1.807) is 23.5 Å². The number of hydrazone groups is 1. The fourth-order valence-corrected chi connectivity index (χ4v) is 4.86. The number of phenols is 1. The molecule has 27 heavy (non-hydrogen) atoms. The Hall–Kier alpha value is -2.02. The number of thiophene rings is 1. The summed E-state index contributed by atoms with van der Waals surface area (Å²) in [5, 5.41) is 20.0. The van der Waals surface area contributed by atoms with Gasteiger partial charge in [0.2, 0.25) is 6.23 Å². The molecule has 1 N–H and O–H groups in total. The van der Waals surface area contributed by atoms with Crippen molar-refractivity contribution in [1.29, 1.82) is 0 Å². The Labute approximate surface area is 173 Å². The van der Waals surface area contributed by atoms with Crippen LogP contribution in [0.25, 0.3) is 0 Å². The molecule has 0 aliphatic carbocycles. The van der Waals surface area contributed by atoms with Crippen molar-refractivity contribution in [3.8, 4) is 11.5 Å². The van der Waals surface area contributed by atoms with Crippen molar-refractivity contribution >= 4 is 44.6 Å². The van der Waals surface area contributed by atoms with Crippen LogP contribution >= 0.6 is 38.9 Å². The molecule has 4 nitrogen and oxygen atoms in total. The van der Waals surface area contributed by atoms with Crippen molar-refractivity contribution < 1.29 is 9.84 Å². The first-order valence-corrected chi connectivity index (χ1v) is 10.5. The third-order valence-electron chi connectivity index (χ3n) is 4.81. The predicted octanol–water partition coefficient (Wildman–Crippen LogP) is 6.11. The molecule has 0 saturated heterocycles. The fraction of sp³-hybridized carbons (Fsp3) is 0.150. The monoisotopic (exact) mass is 460 g/mol. The summed E-state index contributed by atoms with van der Waals surface area (Å²) >= 11 is 11.4. The van der Waals surface area contributed by atoms with E-state index < -0.39 is 6.23 Å². The van der Waals surface area contributed by atoms with Gasteiger partial charge in [0.1, 0.15) is 11.5 Å². The zero-order valence-electron chi connectivity index (χ0n) is 14.0. The van der Waals surface area contributed by atoms with Crippen molar-refractivity contribution in [1.82, 2.24) is 5.01 Å². The number of nitrogens with zero attached hydrogens (tertiary/aromatic N) is 2. The summed E-state index contributed by atoms with van der Waals surface area (Å²) in [6.45, 7) is 0. The third-order valence-corrected chi connectivity index (χ3v) is 6.46. The maximum Gasteiger partial charge on any atom is 0.217 e. The van der Waals surface area contributed by atoms with Gasteiger partial charge in [-0.3, -0.25) is 0 Å². The van der Waals surface area contributed by atoms with Crippen LogP contribution in [0.5, 0.6) is 11.5 Å². The Kier molecular flexibility index (Phi) is 4.15. The molecule has 0 spiro atoms. The second kappa shape index (κ2) is 6.55. The molecule has 0 saturated carbocycles. The molecular weight excluding hydrogens is 448 g/mol. The van der Waals surface area contributed by atoms with Gasteiger partial charge in [0, 0.05) is 21.5 Å². The van der Waals surface area contributed by atoms with Crippen LogP contribution in [-0.4, -0.2) is 15.8 Å². The van der Waals surface area contributed by atoms with Gasteiger partial charge in [0.25, 0.3) is 0 Å². The van der Waals surface area contributed by atoms with E-state index in [9.17, 15) is 5.11 Å². The smallest absolute Gasteiger partial charge is 0.217 e. The summed E-state index contributed by atoms with van der Waals surface area (Å²) < 4.78 is 7.15. The SMILES string of the molecule is Oc1ccc(Br)cc1[C@H]1Oc2ccc(Cl)cc2[C@H]2CC(c3cccs3)=NN21. The number of ether oxygens (including phenoxy) is 1. The molecule has 2 aliphatic rings. The molecule has 2 aromatic carbocycles. The Bertz CT molecular complexity index is 1050. The highest BCUT2D eigenvalue weighted by Gasteiger charge is 2.42. The van der Waals surface area contributed by atoms with Gasteiger partial charge < -0.3 is 9.84 Å². The average molecular weight is 462 g/mol. The minimum atomic E-state index is -0.515. The molecule has 0 amide bonds. The number of fused-ring (bicyclic) bond motifs is 3. The lowest BCUT2D eigenvalue weighted by Crippen LogP contribution is -2.33. The number of benzene rings is 2. The molecule has 0 radical (unpaired) electrons. The number of halogens is 2. The molecule has 0 fully saturated rings. The van der Waals surface area contributed by atoms with E-state index in [2.05, 4.69) is 22.0 Å². The summed E-state index contributed by atoms with van der Waals surface area (Å²) in [6.07, 6.45) is 0.251. The van der Waals surface area contributed by atoms with Gasteiger partial charge in [-0.1, -0.05) is 33.6 Å². The normalized spacial score (nSPS) is 20.7.